The molecule has 1 aliphatic carbocycles. The van der Waals surface area contributed by atoms with Crippen LogP contribution in [0.3, 0.4) is 0 Å². The van der Waals surface area contributed by atoms with Gasteiger partial charge in [0.05, 0.1) is 26.0 Å². The maximum Gasteiger partial charge on any atom is 0.475 e. The lowest BCUT2D eigenvalue weighted by atomic mass is 9.90. The fraction of sp³-hybridized carbons (Fsp3) is 0.750. The highest BCUT2D eigenvalue weighted by Crippen LogP contribution is 2.54. The van der Waals surface area contributed by atoms with Crippen molar-refractivity contribution in [2.24, 2.45) is 5.92 Å². The molecule has 1 unspecified atom stereocenters. The van der Waals surface area contributed by atoms with Gasteiger partial charge in [0.15, 0.2) is 0 Å². The van der Waals surface area contributed by atoms with Crippen LogP contribution in [0.1, 0.15) is 32.1 Å². The lowest BCUT2D eigenvalue weighted by molar-refractivity contribution is -0.0871. The fourth-order valence-electron chi connectivity index (χ4n) is 3.34. The first kappa shape index (κ1) is 20.4. The van der Waals surface area contributed by atoms with Gasteiger partial charge in [-0.05, 0) is 18.8 Å². The van der Waals surface area contributed by atoms with Crippen LogP contribution in [-0.4, -0.2) is 42.1 Å². The van der Waals surface area contributed by atoms with Crippen LogP contribution in [0.2, 0.25) is 0 Å². The van der Waals surface area contributed by atoms with Gasteiger partial charge in [0.1, 0.15) is 12.2 Å². The number of phosphoric ester groups is 1. The first-order valence-corrected chi connectivity index (χ1v) is 10.5. The average Bonchev–Trinajstić information content (AvgIpc) is 2.66. The molecule has 2 fully saturated rings. The van der Waals surface area contributed by atoms with Crippen LogP contribution in [0.4, 0.5) is 4.39 Å². The first-order valence-electron chi connectivity index (χ1n) is 9.00. The monoisotopic (exact) mass is 406 g/mol. The van der Waals surface area contributed by atoms with E-state index in [0.717, 1.165) is 36.4 Å². The quantitative estimate of drug-likeness (QED) is 0.718. The summed E-state index contributed by atoms with van der Waals surface area (Å²) in [5, 5.41) is 0. The number of methoxy groups -OCH3 is 1. The second kappa shape index (κ2) is 8.79. The van der Waals surface area contributed by atoms with E-state index in [1.165, 1.54) is 13.5 Å². The maximum atomic E-state index is 13.5. The number of phosphoric acid groups is 1. The van der Waals surface area contributed by atoms with Crippen LogP contribution in [0.25, 0.3) is 0 Å². The molecule has 1 aliphatic heterocycles. The molecule has 2 aliphatic rings. The van der Waals surface area contributed by atoms with E-state index in [1.54, 1.807) is 0 Å². The number of nitrogens with one attached hydrogen (secondary N) is 1. The summed E-state index contributed by atoms with van der Waals surface area (Å²) in [5.41, 5.74) is -1.90. The summed E-state index contributed by atoms with van der Waals surface area (Å²) in [6.45, 7) is 0.0454. The molecule has 0 spiro atoms. The molecule has 1 aromatic heterocycles. The fourth-order valence-corrected chi connectivity index (χ4v) is 4.79. The summed E-state index contributed by atoms with van der Waals surface area (Å²) in [6.07, 6.45) is 4.73. The highest BCUT2D eigenvalue weighted by molar-refractivity contribution is 7.48. The van der Waals surface area contributed by atoms with Crippen molar-refractivity contribution in [2.45, 2.75) is 50.9 Å². The van der Waals surface area contributed by atoms with Gasteiger partial charge < -0.3 is 4.74 Å². The van der Waals surface area contributed by atoms with Gasteiger partial charge in [-0.25, -0.2) is 9.36 Å². The molecular formula is C16H24FN2O7P. The molecule has 2 heterocycles. The Labute approximate surface area is 155 Å². The molecule has 1 N–H and O–H groups in total. The van der Waals surface area contributed by atoms with Crippen LogP contribution in [-0.2, 0) is 29.4 Å². The summed E-state index contributed by atoms with van der Waals surface area (Å²) >= 11 is 0. The summed E-state index contributed by atoms with van der Waals surface area (Å²) in [4.78, 5) is 24.9. The molecule has 3 atom stereocenters. The minimum absolute atomic E-state index is 0.0519. The topological polar surface area (TPSA) is 109 Å². The molecular weight excluding hydrogens is 382 g/mol. The summed E-state index contributed by atoms with van der Waals surface area (Å²) in [7, 11) is -2.40. The Bertz CT molecular complexity index is 805. The van der Waals surface area contributed by atoms with Gasteiger partial charge in [-0.3, -0.25) is 27.9 Å². The third-order valence-corrected chi connectivity index (χ3v) is 6.38. The van der Waals surface area contributed by atoms with E-state index in [1.807, 2.05) is 4.98 Å². The minimum atomic E-state index is -3.82. The van der Waals surface area contributed by atoms with E-state index in [0.29, 0.717) is 5.92 Å². The van der Waals surface area contributed by atoms with Gasteiger partial charge in [-0.1, -0.05) is 19.3 Å². The molecule has 1 saturated carbocycles. The second-order valence-corrected chi connectivity index (χ2v) is 8.47. The van der Waals surface area contributed by atoms with E-state index in [2.05, 4.69) is 0 Å². The average molecular weight is 406 g/mol. The van der Waals surface area contributed by atoms with Crippen LogP contribution in [0, 0.1) is 11.7 Å². The highest BCUT2D eigenvalue weighted by atomic mass is 31.2. The number of aromatic nitrogens is 2. The van der Waals surface area contributed by atoms with E-state index < -0.39 is 37.1 Å². The Morgan fingerprint density at radius 2 is 2.07 bits per heavy atom. The van der Waals surface area contributed by atoms with Crippen molar-refractivity contribution < 1.29 is 27.3 Å². The number of aromatic amines is 1. The Morgan fingerprint density at radius 3 is 2.78 bits per heavy atom. The van der Waals surface area contributed by atoms with E-state index in [9.17, 15) is 18.5 Å². The van der Waals surface area contributed by atoms with Crippen molar-refractivity contribution in [1.82, 2.24) is 9.55 Å². The molecule has 0 radical (unpaired) electrons. The maximum absolute atomic E-state index is 13.5. The molecule has 3 rings (SSSR count). The number of rotatable bonds is 6. The highest BCUT2D eigenvalue weighted by Gasteiger charge is 2.42. The zero-order valence-electron chi connectivity index (χ0n) is 15.1. The largest absolute Gasteiger partial charge is 0.475 e. The van der Waals surface area contributed by atoms with Crippen molar-refractivity contribution in [3.8, 4) is 0 Å². The van der Waals surface area contributed by atoms with Crippen LogP contribution in [0.5, 0.6) is 0 Å². The number of ether oxygens (including phenoxy) is 1. The van der Waals surface area contributed by atoms with Crippen molar-refractivity contribution in [3.63, 3.8) is 0 Å². The lowest BCUT2D eigenvalue weighted by Crippen LogP contribution is -2.44. The minimum Gasteiger partial charge on any atom is -0.376 e. The number of H-pyrrole nitrogens is 1. The summed E-state index contributed by atoms with van der Waals surface area (Å²) in [5.74, 6) is -0.793. The Morgan fingerprint density at radius 1 is 1.33 bits per heavy atom. The zero-order chi connectivity index (χ0) is 19.4. The number of hydrogen-bond acceptors (Lipinski definition) is 7. The molecule has 1 saturated heterocycles. The van der Waals surface area contributed by atoms with Crippen molar-refractivity contribution in [1.29, 1.82) is 0 Å². The molecule has 152 valence electrons. The van der Waals surface area contributed by atoms with Gasteiger partial charge in [0, 0.05) is 7.11 Å². The summed E-state index contributed by atoms with van der Waals surface area (Å²) < 4.78 is 48.7. The molecule has 0 bridgehead atoms. The standard InChI is InChI=1S/C16H24FN2O7P/c1-23-14-10-25-27(22,24-9-11-5-3-2-4-6-11)26-13(14)8-19-7-12(17)15(20)18-16(19)21/h7,11,13-14H,2-6,8-10H2,1H3,(H,18,20,21)/t13-,14+,27?/m0/s1. The predicted octanol–water partition coefficient (Wildman–Crippen LogP) is 1.81. The normalized spacial score (nSPS) is 29.7. The molecule has 11 heteroatoms. The number of hydrogen-bond donors (Lipinski definition) is 1. The van der Waals surface area contributed by atoms with Crippen molar-refractivity contribution in [2.75, 3.05) is 20.3 Å². The molecule has 27 heavy (non-hydrogen) atoms. The van der Waals surface area contributed by atoms with Gasteiger partial charge in [0.2, 0.25) is 5.82 Å². The van der Waals surface area contributed by atoms with Crippen molar-refractivity contribution >= 4 is 7.82 Å². The predicted molar refractivity (Wildman–Crippen MR) is 93.0 cm³/mol. The number of nitrogens with zero attached hydrogens (tertiary/aromatic N) is 1. The van der Waals surface area contributed by atoms with E-state index in [4.69, 9.17) is 18.3 Å². The smallest absolute Gasteiger partial charge is 0.376 e. The van der Waals surface area contributed by atoms with E-state index >= 15 is 0 Å². The third-order valence-electron chi connectivity index (χ3n) is 4.92. The van der Waals surface area contributed by atoms with Crippen LogP contribution in [0.15, 0.2) is 15.8 Å². The molecule has 9 nitrogen and oxygen atoms in total. The van der Waals surface area contributed by atoms with Gasteiger partial charge in [0.25, 0.3) is 5.56 Å². The summed E-state index contributed by atoms with van der Waals surface area (Å²) in [6, 6.07) is 0. The number of halogens is 1. The van der Waals surface area contributed by atoms with Crippen LogP contribution >= 0.6 is 7.82 Å². The Balaban J connectivity index is 1.69. The SMILES string of the molecule is CO[C@@H]1COP(=O)(OCC2CCCCC2)O[C@H]1Cn1cc(F)c(=O)[nH]c1=O. The van der Waals surface area contributed by atoms with Gasteiger partial charge in [-0.2, -0.15) is 4.39 Å². The van der Waals surface area contributed by atoms with Crippen molar-refractivity contribution in [3.05, 3.63) is 32.9 Å². The van der Waals surface area contributed by atoms with Gasteiger partial charge in [-0.15, -0.1) is 0 Å². The van der Waals surface area contributed by atoms with Gasteiger partial charge >= 0.3 is 13.5 Å². The molecule has 0 aromatic carbocycles. The Hall–Kier alpha value is -1.32. The third kappa shape index (κ3) is 5.14. The Kier molecular flexibility index (Phi) is 6.65. The zero-order valence-corrected chi connectivity index (χ0v) is 16.0. The van der Waals surface area contributed by atoms with E-state index in [-0.39, 0.29) is 19.8 Å². The second-order valence-electron chi connectivity index (χ2n) is 6.85. The lowest BCUT2D eigenvalue weighted by Gasteiger charge is -2.35. The molecule has 1 aromatic rings. The molecule has 0 amide bonds. The first-order chi connectivity index (χ1) is 12.9. The van der Waals surface area contributed by atoms with Crippen LogP contribution < -0.4 is 11.2 Å².